The lowest BCUT2D eigenvalue weighted by Gasteiger charge is -2.19. The second-order valence-corrected chi connectivity index (χ2v) is 7.27. The number of hydrogen-bond acceptors (Lipinski definition) is 5. The molecule has 1 aliphatic heterocycles. The molecule has 0 radical (unpaired) electrons. The third kappa shape index (κ3) is 3.45. The van der Waals surface area contributed by atoms with Crippen LogP contribution in [-0.2, 0) is 11.2 Å². The standard InChI is InChI=1S/C22H23N5O/c1-2-13-7-18(19(11-23)20(8-13)27-24)16-6-5-15-10-21(25-12-17(15)9-16)26-22(28)14-3-4-14/h5-12,14,21,23-25H,2-4H2,1H3,(H,26,28). The summed E-state index contributed by atoms with van der Waals surface area (Å²) >= 11 is 0. The molecule has 0 saturated heterocycles. The molecule has 0 spiro atoms. The van der Waals surface area contributed by atoms with Gasteiger partial charge in [0, 0.05) is 23.9 Å². The molecule has 142 valence electrons. The van der Waals surface area contributed by atoms with Gasteiger partial charge in [0.15, 0.2) is 0 Å². The van der Waals surface area contributed by atoms with Crippen LogP contribution in [0.3, 0.4) is 0 Å². The second kappa shape index (κ2) is 7.38. The maximum Gasteiger partial charge on any atom is 0.224 e. The monoisotopic (exact) mass is 373 g/mol. The molecule has 6 heteroatoms. The quantitative estimate of drug-likeness (QED) is 0.462. The number of rotatable bonds is 6. The van der Waals surface area contributed by atoms with Crippen LogP contribution >= 0.6 is 0 Å². The molecule has 0 bridgehead atoms. The molecule has 4 N–H and O–H groups in total. The van der Waals surface area contributed by atoms with Crippen molar-refractivity contribution in [3.63, 3.8) is 0 Å². The molecule has 6 nitrogen and oxygen atoms in total. The molecule has 1 fully saturated rings. The van der Waals surface area contributed by atoms with Gasteiger partial charge in [0.1, 0.15) is 6.17 Å². The highest BCUT2D eigenvalue weighted by Gasteiger charge is 2.30. The molecule has 28 heavy (non-hydrogen) atoms. The molecule has 0 aromatic heterocycles. The number of amides is 1. The summed E-state index contributed by atoms with van der Waals surface area (Å²) in [6.45, 7) is 2.06. The Morgan fingerprint density at radius 3 is 2.79 bits per heavy atom. The van der Waals surface area contributed by atoms with Crippen LogP contribution in [0.15, 0.2) is 35.4 Å². The summed E-state index contributed by atoms with van der Waals surface area (Å²) in [6.07, 6.45) is 7.81. The maximum absolute atomic E-state index is 12.0. The van der Waals surface area contributed by atoms with Gasteiger partial charge in [0.2, 0.25) is 5.91 Å². The van der Waals surface area contributed by atoms with Gasteiger partial charge in [-0.1, -0.05) is 25.1 Å². The predicted molar refractivity (Wildman–Crippen MR) is 110 cm³/mol. The van der Waals surface area contributed by atoms with E-state index in [1.807, 2.05) is 30.5 Å². The topological polar surface area (TPSA) is 101 Å². The molecule has 1 aliphatic carbocycles. The zero-order valence-electron chi connectivity index (χ0n) is 15.8. The summed E-state index contributed by atoms with van der Waals surface area (Å²) in [4.78, 5) is 12.0. The average Bonchev–Trinajstić information content (AvgIpc) is 3.57. The minimum atomic E-state index is -0.194. The van der Waals surface area contributed by atoms with E-state index in [0.29, 0.717) is 11.3 Å². The fourth-order valence-corrected chi connectivity index (χ4v) is 3.51. The summed E-state index contributed by atoms with van der Waals surface area (Å²) in [6, 6.07) is 10.0. The first-order valence-corrected chi connectivity index (χ1v) is 9.56. The highest BCUT2D eigenvalue weighted by Crippen LogP contribution is 2.31. The van der Waals surface area contributed by atoms with Gasteiger partial charge in [-0.05, 0) is 64.6 Å². The zero-order chi connectivity index (χ0) is 19.7. The fraction of sp³-hybridized carbons (Fsp3) is 0.273. The molecule has 1 unspecified atom stereocenters. The number of carbonyl (C=O) groups is 1. The zero-order valence-corrected chi connectivity index (χ0v) is 15.8. The lowest BCUT2D eigenvalue weighted by Crippen LogP contribution is -2.48. The van der Waals surface area contributed by atoms with Gasteiger partial charge >= 0.3 is 0 Å². The number of benzene rings is 2. The van der Waals surface area contributed by atoms with Crippen LogP contribution in [-0.4, -0.2) is 18.3 Å². The summed E-state index contributed by atoms with van der Waals surface area (Å²) in [5.41, 5.74) is 11.6. The molecule has 2 aromatic carbocycles. The Balaban J connectivity index is 1.72. The van der Waals surface area contributed by atoms with Crippen LogP contribution in [0.1, 0.15) is 30.9 Å². The molecule has 2 aliphatic rings. The fourth-order valence-electron chi connectivity index (χ4n) is 3.51. The molecular weight excluding hydrogens is 350 g/mol. The van der Waals surface area contributed by atoms with Crippen molar-refractivity contribution in [3.8, 4) is 11.1 Å². The van der Waals surface area contributed by atoms with E-state index in [2.05, 4.69) is 34.8 Å². The van der Waals surface area contributed by atoms with Crippen molar-refractivity contribution >= 4 is 30.1 Å². The number of hydrogen-bond donors (Lipinski definition) is 4. The van der Waals surface area contributed by atoms with E-state index in [-0.39, 0.29) is 18.0 Å². The number of aryl methyl sites for hydroxylation is 1. The third-order valence-electron chi connectivity index (χ3n) is 5.30. The molecule has 1 heterocycles. The van der Waals surface area contributed by atoms with Gasteiger partial charge < -0.3 is 16.0 Å². The van der Waals surface area contributed by atoms with Crippen molar-refractivity contribution < 1.29 is 4.79 Å². The number of nitrogens with zero attached hydrogens (tertiary/aromatic N) is 1. The Labute approximate surface area is 163 Å². The Morgan fingerprint density at radius 2 is 2.11 bits per heavy atom. The molecular formula is C22H23N5O. The van der Waals surface area contributed by atoms with Gasteiger partial charge in [0.25, 0.3) is 0 Å². The van der Waals surface area contributed by atoms with E-state index in [1.165, 1.54) is 6.21 Å². The number of fused-ring (bicyclic) bond motifs is 1. The molecule has 2 aromatic rings. The van der Waals surface area contributed by atoms with E-state index in [0.717, 1.165) is 46.4 Å². The first-order chi connectivity index (χ1) is 13.6. The largest absolute Gasteiger partial charge is 0.368 e. The first-order valence-electron chi connectivity index (χ1n) is 9.56. The van der Waals surface area contributed by atoms with Crippen LogP contribution in [0.25, 0.3) is 23.4 Å². The van der Waals surface area contributed by atoms with Crippen molar-refractivity contribution in [1.82, 2.24) is 10.6 Å². The summed E-state index contributed by atoms with van der Waals surface area (Å²) in [5.74, 6) is 0.293. The van der Waals surface area contributed by atoms with Gasteiger partial charge in [0.05, 0.1) is 5.69 Å². The minimum absolute atomic E-state index is 0.112. The van der Waals surface area contributed by atoms with Gasteiger partial charge in [-0.15, -0.1) is 0 Å². The van der Waals surface area contributed by atoms with Gasteiger partial charge in [-0.2, -0.15) is 5.11 Å². The van der Waals surface area contributed by atoms with Crippen molar-refractivity contribution in [1.29, 1.82) is 10.9 Å². The van der Waals surface area contributed by atoms with E-state index in [1.54, 1.807) is 0 Å². The van der Waals surface area contributed by atoms with Gasteiger partial charge in [-0.3, -0.25) is 4.79 Å². The summed E-state index contributed by atoms with van der Waals surface area (Å²) in [5, 5.41) is 19.7. The summed E-state index contributed by atoms with van der Waals surface area (Å²) < 4.78 is 0. The Bertz CT molecular complexity index is 1080. The van der Waals surface area contributed by atoms with Crippen molar-refractivity contribution in [3.05, 3.63) is 51.9 Å². The van der Waals surface area contributed by atoms with Gasteiger partial charge in [-0.25, -0.2) is 5.53 Å². The van der Waals surface area contributed by atoms with Crippen molar-refractivity contribution in [2.75, 3.05) is 0 Å². The predicted octanol–water partition coefficient (Wildman–Crippen LogP) is 2.55. The normalized spacial score (nSPS) is 17.4. The van der Waals surface area contributed by atoms with Crippen LogP contribution < -0.4 is 21.1 Å². The third-order valence-corrected chi connectivity index (χ3v) is 5.30. The molecule has 4 rings (SSSR count). The van der Waals surface area contributed by atoms with Crippen LogP contribution in [0.5, 0.6) is 0 Å². The van der Waals surface area contributed by atoms with Crippen LogP contribution in [0, 0.1) is 16.9 Å². The van der Waals surface area contributed by atoms with E-state index < -0.39 is 0 Å². The molecule has 1 amide bonds. The summed E-state index contributed by atoms with van der Waals surface area (Å²) in [7, 11) is 0. The molecule has 1 saturated carbocycles. The van der Waals surface area contributed by atoms with Crippen LogP contribution in [0.4, 0.5) is 5.69 Å². The van der Waals surface area contributed by atoms with Crippen molar-refractivity contribution in [2.24, 2.45) is 11.0 Å². The molecule has 1 atom stereocenters. The number of nitrogens with one attached hydrogen (secondary N) is 4. The van der Waals surface area contributed by atoms with E-state index in [4.69, 9.17) is 10.9 Å². The van der Waals surface area contributed by atoms with Crippen molar-refractivity contribution in [2.45, 2.75) is 32.4 Å². The van der Waals surface area contributed by atoms with E-state index in [9.17, 15) is 4.79 Å². The van der Waals surface area contributed by atoms with E-state index >= 15 is 0 Å². The highest BCUT2D eigenvalue weighted by atomic mass is 16.2. The Hall–Kier alpha value is -3.28. The van der Waals surface area contributed by atoms with Crippen LogP contribution in [0.2, 0.25) is 0 Å². The smallest absolute Gasteiger partial charge is 0.224 e. The first kappa shape index (κ1) is 18.1. The Kier molecular flexibility index (Phi) is 4.77. The maximum atomic E-state index is 12.0. The number of carbonyl (C=O) groups excluding carboxylic acids is 1. The Morgan fingerprint density at radius 1 is 1.29 bits per heavy atom. The lowest BCUT2D eigenvalue weighted by molar-refractivity contribution is -0.122. The second-order valence-electron chi connectivity index (χ2n) is 7.27. The highest BCUT2D eigenvalue weighted by molar-refractivity contribution is 5.95. The lowest BCUT2D eigenvalue weighted by atomic mass is 9.94. The average molecular weight is 373 g/mol. The minimum Gasteiger partial charge on any atom is -0.368 e. The SMILES string of the molecule is CCc1cc(N=N)c(C=N)c(-c2ccc3c(c2)=CNC(NC(=O)C2CC2)C=3)c1.